The maximum absolute atomic E-state index is 14.2. The highest BCUT2D eigenvalue weighted by Gasteiger charge is 2.16. The summed E-state index contributed by atoms with van der Waals surface area (Å²) >= 11 is 5.72. The van der Waals surface area contributed by atoms with E-state index in [9.17, 15) is 4.39 Å². The molecule has 2 aromatic carbocycles. The number of nitrogens with one attached hydrogen (secondary N) is 1. The van der Waals surface area contributed by atoms with E-state index in [1.807, 2.05) is 6.07 Å². The first-order chi connectivity index (χ1) is 10.1. The van der Waals surface area contributed by atoms with E-state index in [1.54, 1.807) is 6.07 Å². The van der Waals surface area contributed by atoms with Gasteiger partial charge in [0.2, 0.25) is 0 Å². The minimum Gasteiger partial charge on any atom is -0.310 e. The van der Waals surface area contributed by atoms with Gasteiger partial charge in [0.1, 0.15) is 5.82 Å². The van der Waals surface area contributed by atoms with Gasteiger partial charge in [-0.3, -0.25) is 0 Å². The van der Waals surface area contributed by atoms with E-state index in [0.717, 1.165) is 29.4 Å². The summed E-state index contributed by atoms with van der Waals surface area (Å²) in [5, 5.41) is 3.45. The summed E-state index contributed by atoms with van der Waals surface area (Å²) < 4.78 is 16.3. The molecule has 1 nitrogen and oxygen atoms in total. The maximum atomic E-state index is 14.2. The van der Waals surface area contributed by atoms with Crippen molar-refractivity contribution in [2.75, 3.05) is 6.54 Å². The number of halogens is 3. The Morgan fingerprint density at radius 2 is 1.90 bits per heavy atom. The molecule has 0 heterocycles. The summed E-state index contributed by atoms with van der Waals surface area (Å²) in [6.45, 7) is 2.99. The minimum atomic E-state index is -0.155. The average molecular weight is 462 g/mol. The van der Waals surface area contributed by atoms with Crippen molar-refractivity contribution < 1.29 is 4.39 Å². The van der Waals surface area contributed by atoms with Crippen LogP contribution in [0.15, 0.2) is 46.9 Å². The van der Waals surface area contributed by atoms with Gasteiger partial charge in [-0.1, -0.05) is 35.0 Å². The minimum absolute atomic E-state index is 0.0116. The molecular formula is C17H18BrFIN. The number of hydrogen-bond acceptors (Lipinski definition) is 1. The number of hydrogen-bond donors (Lipinski definition) is 1. The smallest absolute Gasteiger partial charge is 0.128 e. The van der Waals surface area contributed by atoms with Crippen molar-refractivity contribution in [1.29, 1.82) is 0 Å². The van der Waals surface area contributed by atoms with Gasteiger partial charge in [0.05, 0.1) is 0 Å². The van der Waals surface area contributed by atoms with Crippen molar-refractivity contribution in [1.82, 2.24) is 5.32 Å². The summed E-state index contributed by atoms with van der Waals surface area (Å²) in [5.41, 5.74) is 1.93. The molecule has 0 amide bonds. The standard InChI is InChI=1S/C17H18BrFIN/c1-2-9-21-17(10-12-3-6-14(20)7-4-12)15-11-13(18)5-8-16(15)19/h3-8,11,17,21H,2,9-10H2,1H3. The number of benzene rings is 2. The van der Waals surface area contributed by atoms with Crippen LogP contribution >= 0.6 is 38.5 Å². The second kappa shape index (κ2) is 8.25. The van der Waals surface area contributed by atoms with Crippen LogP contribution in [0.5, 0.6) is 0 Å². The first-order valence-electron chi connectivity index (χ1n) is 7.03. The van der Waals surface area contributed by atoms with E-state index in [0.29, 0.717) is 0 Å². The van der Waals surface area contributed by atoms with Crippen molar-refractivity contribution in [3.05, 3.63) is 67.5 Å². The Labute approximate surface area is 147 Å². The molecule has 0 spiro atoms. The zero-order valence-electron chi connectivity index (χ0n) is 11.9. The Morgan fingerprint density at radius 1 is 1.19 bits per heavy atom. The molecule has 0 saturated heterocycles. The summed E-state index contributed by atoms with van der Waals surface area (Å²) in [7, 11) is 0. The zero-order valence-corrected chi connectivity index (χ0v) is 15.6. The van der Waals surface area contributed by atoms with Gasteiger partial charge < -0.3 is 5.32 Å². The van der Waals surface area contributed by atoms with Crippen molar-refractivity contribution in [2.24, 2.45) is 0 Å². The highest BCUT2D eigenvalue weighted by atomic mass is 127. The largest absolute Gasteiger partial charge is 0.310 e. The third-order valence-electron chi connectivity index (χ3n) is 3.33. The fourth-order valence-electron chi connectivity index (χ4n) is 2.25. The third kappa shape index (κ3) is 5.04. The van der Waals surface area contributed by atoms with Gasteiger partial charge in [-0.25, -0.2) is 4.39 Å². The lowest BCUT2D eigenvalue weighted by Crippen LogP contribution is -2.25. The van der Waals surface area contributed by atoms with Crippen LogP contribution in [0, 0.1) is 9.39 Å². The van der Waals surface area contributed by atoms with Crippen LogP contribution in [0.4, 0.5) is 4.39 Å². The third-order valence-corrected chi connectivity index (χ3v) is 4.54. The highest BCUT2D eigenvalue weighted by molar-refractivity contribution is 14.1. The Morgan fingerprint density at radius 3 is 2.57 bits per heavy atom. The van der Waals surface area contributed by atoms with Crippen LogP contribution in [0.25, 0.3) is 0 Å². The predicted molar refractivity (Wildman–Crippen MR) is 98.0 cm³/mol. The van der Waals surface area contributed by atoms with E-state index >= 15 is 0 Å². The molecule has 1 unspecified atom stereocenters. The summed E-state index contributed by atoms with van der Waals surface area (Å²) in [5.74, 6) is -0.155. The second-order valence-corrected chi connectivity index (χ2v) is 7.16. The molecule has 2 aromatic rings. The van der Waals surface area contributed by atoms with E-state index in [1.165, 1.54) is 15.2 Å². The molecule has 1 atom stereocenters. The molecule has 0 radical (unpaired) electrons. The fourth-order valence-corrected chi connectivity index (χ4v) is 2.99. The van der Waals surface area contributed by atoms with Gasteiger partial charge in [-0.05, 0) is 77.9 Å². The van der Waals surface area contributed by atoms with Crippen LogP contribution in [0.3, 0.4) is 0 Å². The van der Waals surface area contributed by atoms with E-state index in [2.05, 4.69) is 75.0 Å². The molecule has 112 valence electrons. The molecule has 21 heavy (non-hydrogen) atoms. The fraction of sp³-hybridized carbons (Fsp3) is 0.294. The van der Waals surface area contributed by atoms with E-state index in [4.69, 9.17) is 0 Å². The lowest BCUT2D eigenvalue weighted by atomic mass is 9.98. The van der Waals surface area contributed by atoms with Crippen LogP contribution in [0.2, 0.25) is 0 Å². The van der Waals surface area contributed by atoms with E-state index in [-0.39, 0.29) is 11.9 Å². The SMILES string of the molecule is CCCNC(Cc1ccc(I)cc1)c1cc(Br)ccc1F. The molecule has 0 fully saturated rings. The first kappa shape index (κ1) is 16.9. The summed E-state index contributed by atoms with van der Waals surface area (Å²) in [6, 6.07) is 13.5. The number of rotatable bonds is 6. The van der Waals surface area contributed by atoms with Gasteiger partial charge >= 0.3 is 0 Å². The topological polar surface area (TPSA) is 12.0 Å². The maximum Gasteiger partial charge on any atom is 0.128 e. The first-order valence-corrected chi connectivity index (χ1v) is 8.90. The average Bonchev–Trinajstić information content (AvgIpc) is 2.48. The molecule has 0 aliphatic carbocycles. The normalized spacial score (nSPS) is 12.4. The van der Waals surface area contributed by atoms with Gasteiger partial charge in [0.25, 0.3) is 0 Å². The van der Waals surface area contributed by atoms with Crippen molar-refractivity contribution in [2.45, 2.75) is 25.8 Å². The monoisotopic (exact) mass is 461 g/mol. The summed E-state index contributed by atoms with van der Waals surface area (Å²) in [4.78, 5) is 0. The molecule has 0 bridgehead atoms. The Balaban J connectivity index is 2.25. The summed E-state index contributed by atoms with van der Waals surface area (Å²) in [6.07, 6.45) is 1.81. The molecule has 0 aliphatic heterocycles. The molecule has 0 saturated carbocycles. The Bertz CT molecular complexity index is 586. The lowest BCUT2D eigenvalue weighted by molar-refractivity contribution is 0.497. The Hall–Kier alpha value is -0.460. The van der Waals surface area contributed by atoms with Gasteiger partial charge in [-0.2, -0.15) is 0 Å². The van der Waals surface area contributed by atoms with Gasteiger partial charge in [0, 0.05) is 19.6 Å². The molecule has 0 aromatic heterocycles. The van der Waals surface area contributed by atoms with E-state index < -0.39 is 0 Å². The molecule has 4 heteroatoms. The quantitative estimate of drug-likeness (QED) is 0.562. The molecule has 2 rings (SSSR count). The van der Waals surface area contributed by atoms with Crippen LogP contribution in [-0.4, -0.2) is 6.54 Å². The Kier molecular flexibility index (Phi) is 6.64. The van der Waals surface area contributed by atoms with Crippen LogP contribution in [-0.2, 0) is 6.42 Å². The predicted octanol–water partition coefficient (Wildman–Crippen LogP) is 5.48. The molecule has 0 aliphatic rings. The van der Waals surface area contributed by atoms with Gasteiger partial charge in [-0.15, -0.1) is 0 Å². The van der Waals surface area contributed by atoms with Crippen molar-refractivity contribution in [3.8, 4) is 0 Å². The second-order valence-electron chi connectivity index (χ2n) is 5.00. The zero-order chi connectivity index (χ0) is 15.2. The van der Waals surface area contributed by atoms with Crippen LogP contribution < -0.4 is 5.32 Å². The lowest BCUT2D eigenvalue weighted by Gasteiger charge is -2.20. The highest BCUT2D eigenvalue weighted by Crippen LogP contribution is 2.25. The van der Waals surface area contributed by atoms with Gasteiger partial charge in [0.15, 0.2) is 0 Å². The van der Waals surface area contributed by atoms with Crippen molar-refractivity contribution in [3.63, 3.8) is 0 Å². The van der Waals surface area contributed by atoms with Crippen LogP contribution in [0.1, 0.15) is 30.5 Å². The molecular weight excluding hydrogens is 444 g/mol. The van der Waals surface area contributed by atoms with Crippen molar-refractivity contribution >= 4 is 38.5 Å². The molecule has 1 N–H and O–H groups in total.